The van der Waals surface area contributed by atoms with Crippen LogP contribution in [0.2, 0.25) is 0 Å². The van der Waals surface area contributed by atoms with Crippen molar-refractivity contribution in [3.05, 3.63) is 23.5 Å². The molecule has 0 amide bonds. The number of benzene rings is 1. The zero-order valence-electron chi connectivity index (χ0n) is 10.2. The SMILES string of the molecule is Cc1cc(S(=O)(=O)NCC2CCC2)cc(N)c1F. The summed E-state index contributed by atoms with van der Waals surface area (Å²) in [6.07, 6.45) is 3.29. The number of aryl methyl sites for hydroxylation is 1. The molecule has 0 spiro atoms. The van der Waals surface area contributed by atoms with Crippen LogP contribution in [-0.2, 0) is 10.0 Å². The summed E-state index contributed by atoms with van der Waals surface area (Å²) in [5, 5.41) is 0. The number of hydrogen-bond acceptors (Lipinski definition) is 3. The first-order chi connectivity index (χ1) is 8.40. The van der Waals surface area contributed by atoms with E-state index in [2.05, 4.69) is 4.72 Å². The Morgan fingerprint density at radius 2 is 2.11 bits per heavy atom. The van der Waals surface area contributed by atoms with Crippen molar-refractivity contribution in [3.63, 3.8) is 0 Å². The number of halogens is 1. The van der Waals surface area contributed by atoms with Gasteiger partial charge in [-0.05, 0) is 43.4 Å². The van der Waals surface area contributed by atoms with Crippen LogP contribution in [-0.4, -0.2) is 15.0 Å². The molecule has 0 aliphatic heterocycles. The molecule has 0 bridgehead atoms. The van der Waals surface area contributed by atoms with Gasteiger partial charge in [0.05, 0.1) is 10.6 Å². The molecule has 1 aliphatic carbocycles. The van der Waals surface area contributed by atoms with Crippen LogP contribution >= 0.6 is 0 Å². The summed E-state index contributed by atoms with van der Waals surface area (Å²) in [6, 6.07) is 2.46. The minimum Gasteiger partial charge on any atom is -0.396 e. The van der Waals surface area contributed by atoms with Crippen LogP contribution in [0.25, 0.3) is 0 Å². The van der Waals surface area contributed by atoms with Crippen LogP contribution in [0.3, 0.4) is 0 Å². The first kappa shape index (κ1) is 13.3. The van der Waals surface area contributed by atoms with Gasteiger partial charge >= 0.3 is 0 Å². The maximum absolute atomic E-state index is 13.3. The molecule has 18 heavy (non-hydrogen) atoms. The average Bonchev–Trinajstić information content (AvgIpc) is 2.22. The Balaban J connectivity index is 2.18. The topological polar surface area (TPSA) is 72.2 Å². The first-order valence-electron chi connectivity index (χ1n) is 5.95. The van der Waals surface area contributed by atoms with E-state index in [-0.39, 0.29) is 16.1 Å². The Bertz CT molecular complexity index is 530. The summed E-state index contributed by atoms with van der Waals surface area (Å²) in [4.78, 5) is 0.0261. The molecule has 0 radical (unpaired) electrons. The fraction of sp³-hybridized carbons (Fsp3) is 0.500. The maximum atomic E-state index is 13.3. The van der Waals surface area contributed by atoms with Crippen molar-refractivity contribution in [2.75, 3.05) is 12.3 Å². The number of hydrogen-bond donors (Lipinski definition) is 2. The smallest absolute Gasteiger partial charge is 0.240 e. The van der Waals surface area contributed by atoms with Gasteiger partial charge in [0.15, 0.2) is 0 Å². The Kier molecular flexibility index (Phi) is 3.59. The molecule has 0 heterocycles. The van der Waals surface area contributed by atoms with E-state index < -0.39 is 15.8 Å². The van der Waals surface area contributed by atoms with Gasteiger partial charge in [0.2, 0.25) is 10.0 Å². The third-order valence-electron chi connectivity index (χ3n) is 3.35. The lowest BCUT2D eigenvalue weighted by Gasteiger charge is -2.25. The Labute approximate surface area is 106 Å². The second-order valence-electron chi connectivity index (χ2n) is 4.79. The lowest BCUT2D eigenvalue weighted by Crippen LogP contribution is -2.32. The molecule has 2 rings (SSSR count). The molecule has 0 saturated heterocycles. The highest BCUT2D eigenvalue weighted by atomic mass is 32.2. The van der Waals surface area contributed by atoms with Gasteiger partial charge in [-0.2, -0.15) is 0 Å². The molecular formula is C12H17FN2O2S. The summed E-state index contributed by atoms with van der Waals surface area (Å²) in [5.74, 6) is -0.133. The summed E-state index contributed by atoms with van der Waals surface area (Å²) in [7, 11) is -3.59. The minimum absolute atomic E-state index is 0.0261. The first-order valence-corrected chi connectivity index (χ1v) is 7.44. The van der Waals surface area contributed by atoms with Crippen molar-refractivity contribution in [3.8, 4) is 0 Å². The number of nitrogens with one attached hydrogen (secondary N) is 1. The lowest BCUT2D eigenvalue weighted by molar-refractivity contribution is 0.316. The Morgan fingerprint density at radius 1 is 1.44 bits per heavy atom. The van der Waals surface area contributed by atoms with Crippen molar-refractivity contribution in [1.29, 1.82) is 0 Å². The fourth-order valence-corrected chi connectivity index (χ4v) is 3.16. The highest BCUT2D eigenvalue weighted by Crippen LogP contribution is 2.26. The quantitative estimate of drug-likeness (QED) is 0.821. The summed E-state index contributed by atoms with van der Waals surface area (Å²) < 4.78 is 39.9. The normalized spacial score (nSPS) is 16.6. The van der Waals surface area contributed by atoms with Crippen molar-refractivity contribution in [2.24, 2.45) is 5.92 Å². The van der Waals surface area contributed by atoms with Gasteiger partial charge in [0, 0.05) is 6.54 Å². The number of sulfonamides is 1. The van der Waals surface area contributed by atoms with E-state index in [1.807, 2.05) is 0 Å². The van der Waals surface area contributed by atoms with Crippen LogP contribution in [0.15, 0.2) is 17.0 Å². The summed E-state index contributed by atoms with van der Waals surface area (Å²) in [6.45, 7) is 1.94. The van der Waals surface area contributed by atoms with Gasteiger partial charge in [-0.3, -0.25) is 0 Å². The van der Waals surface area contributed by atoms with E-state index in [0.29, 0.717) is 12.5 Å². The van der Waals surface area contributed by atoms with Gasteiger partial charge < -0.3 is 5.73 Å². The molecule has 1 aromatic carbocycles. The molecule has 100 valence electrons. The molecule has 3 N–H and O–H groups in total. The summed E-state index contributed by atoms with van der Waals surface area (Å²) >= 11 is 0. The second kappa shape index (κ2) is 4.85. The fourth-order valence-electron chi connectivity index (χ4n) is 1.93. The number of anilines is 1. The van der Waals surface area contributed by atoms with Crippen molar-refractivity contribution in [1.82, 2.24) is 4.72 Å². The molecule has 0 atom stereocenters. The third-order valence-corrected chi connectivity index (χ3v) is 4.76. The second-order valence-corrected chi connectivity index (χ2v) is 6.56. The predicted octanol–water partition coefficient (Wildman–Crippen LogP) is 1.79. The molecule has 4 nitrogen and oxygen atoms in total. The minimum atomic E-state index is -3.59. The van der Waals surface area contributed by atoms with E-state index in [4.69, 9.17) is 5.73 Å². The van der Waals surface area contributed by atoms with Crippen molar-refractivity contribution >= 4 is 15.7 Å². The third kappa shape index (κ3) is 2.64. The molecule has 6 heteroatoms. The standard InChI is InChI=1S/C12H17FN2O2S/c1-8-5-10(6-11(14)12(8)13)18(16,17)15-7-9-3-2-4-9/h5-6,9,15H,2-4,7,14H2,1H3. The highest BCUT2D eigenvalue weighted by Gasteiger charge is 2.22. The van der Waals surface area contributed by atoms with Crippen LogP contribution in [0.4, 0.5) is 10.1 Å². The monoisotopic (exact) mass is 272 g/mol. The Hall–Kier alpha value is -1.14. The molecule has 1 fully saturated rings. The zero-order chi connectivity index (χ0) is 13.3. The molecule has 1 saturated carbocycles. The van der Waals surface area contributed by atoms with E-state index in [1.165, 1.54) is 13.0 Å². The average molecular weight is 272 g/mol. The molecule has 1 aromatic rings. The molecule has 1 aliphatic rings. The summed E-state index contributed by atoms with van der Waals surface area (Å²) in [5.41, 5.74) is 5.54. The number of nitrogens with two attached hydrogens (primary N) is 1. The Morgan fingerprint density at radius 3 is 2.61 bits per heavy atom. The van der Waals surface area contributed by atoms with Crippen molar-refractivity contribution < 1.29 is 12.8 Å². The number of rotatable bonds is 4. The molecule has 0 unspecified atom stereocenters. The molecular weight excluding hydrogens is 255 g/mol. The number of nitrogen functional groups attached to an aromatic ring is 1. The maximum Gasteiger partial charge on any atom is 0.240 e. The van der Waals surface area contributed by atoms with Gasteiger partial charge in [0.1, 0.15) is 5.82 Å². The van der Waals surface area contributed by atoms with E-state index in [9.17, 15) is 12.8 Å². The van der Waals surface area contributed by atoms with E-state index in [0.717, 1.165) is 25.3 Å². The van der Waals surface area contributed by atoms with E-state index >= 15 is 0 Å². The van der Waals surface area contributed by atoms with Gasteiger partial charge in [-0.1, -0.05) is 6.42 Å². The van der Waals surface area contributed by atoms with Gasteiger partial charge in [0.25, 0.3) is 0 Å². The largest absolute Gasteiger partial charge is 0.396 e. The van der Waals surface area contributed by atoms with Crippen molar-refractivity contribution in [2.45, 2.75) is 31.1 Å². The van der Waals surface area contributed by atoms with Gasteiger partial charge in [-0.15, -0.1) is 0 Å². The van der Waals surface area contributed by atoms with Crippen LogP contribution < -0.4 is 10.5 Å². The zero-order valence-corrected chi connectivity index (χ0v) is 11.1. The lowest BCUT2D eigenvalue weighted by atomic mass is 9.86. The van der Waals surface area contributed by atoms with E-state index in [1.54, 1.807) is 0 Å². The van der Waals surface area contributed by atoms with Crippen LogP contribution in [0.5, 0.6) is 0 Å². The van der Waals surface area contributed by atoms with Gasteiger partial charge in [-0.25, -0.2) is 17.5 Å². The molecule has 0 aromatic heterocycles. The van der Waals surface area contributed by atoms with Crippen LogP contribution in [0, 0.1) is 18.7 Å². The highest BCUT2D eigenvalue weighted by molar-refractivity contribution is 7.89. The predicted molar refractivity (Wildman–Crippen MR) is 68.1 cm³/mol. The van der Waals surface area contributed by atoms with Crippen LogP contribution in [0.1, 0.15) is 24.8 Å².